The highest BCUT2D eigenvalue weighted by Crippen LogP contribution is 2.14. The molecular weight excluding hydrogens is 378 g/mol. The second kappa shape index (κ2) is 9.87. The fraction of sp³-hybridized carbons (Fsp3) is 0.292. The molecule has 0 spiro atoms. The van der Waals surface area contributed by atoms with E-state index in [4.69, 9.17) is 4.74 Å². The fourth-order valence-electron chi connectivity index (χ4n) is 3.21. The van der Waals surface area contributed by atoms with Gasteiger partial charge in [-0.1, -0.05) is 60.2 Å². The van der Waals surface area contributed by atoms with Gasteiger partial charge in [0.15, 0.2) is 6.61 Å². The first kappa shape index (κ1) is 21.3. The van der Waals surface area contributed by atoms with Crippen LogP contribution < -0.4 is 5.32 Å². The van der Waals surface area contributed by atoms with Crippen LogP contribution in [0.5, 0.6) is 0 Å². The van der Waals surface area contributed by atoms with E-state index < -0.39 is 5.97 Å². The summed E-state index contributed by atoms with van der Waals surface area (Å²) in [5.41, 5.74) is 6.02. The summed E-state index contributed by atoms with van der Waals surface area (Å²) in [5, 5.41) is 7.41. The first-order valence-corrected chi connectivity index (χ1v) is 9.97. The minimum atomic E-state index is -0.419. The number of ether oxygens (including phenoxy) is 1. The van der Waals surface area contributed by atoms with Crippen LogP contribution in [0.25, 0.3) is 0 Å². The first-order valence-electron chi connectivity index (χ1n) is 9.97. The van der Waals surface area contributed by atoms with E-state index in [9.17, 15) is 9.59 Å². The summed E-state index contributed by atoms with van der Waals surface area (Å²) in [6, 6.07) is 17.8. The number of hydrogen-bond donors (Lipinski definition) is 1. The van der Waals surface area contributed by atoms with Gasteiger partial charge >= 0.3 is 5.97 Å². The van der Waals surface area contributed by atoms with E-state index in [1.165, 1.54) is 5.56 Å². The van der Waals surface area contributed by atoms with Crippen molar-refractivity contribution in [1.29, 1.82) is 0 Å². The molecule has 0 radical (unpaired) electrons. The summed E-state index contributed by atoms with van der Waals surface area (Å²) in [7, 11) is 0. The van der Waals surface area contributed by atoms with Gasteiger partial charge in [0.1, 0.15) is 0 Å². The Morgan fingerprint density at radius 2 is 1.67 bits per heavy atom. The zero-order valence-electron chi connectivity index (χ0n) is 17.6. The van der Waals surface area contributed by atoms with Crippen LogP contribution in [0.3, 0.4) is 0 Å². The molecule has 6 nitrogen and oxygen atoms in total. The first-order chi connectivity index (χ1) is 14.4. The molecule has 6 heteroatoms. The van der Waals surface area contributed by atoms with Crippen molar-refractivity contribution in [3.05, 3.63) is 88.2 Å². The lowest BCUT2D eigenvalue weighted by molar-refractivity contribution is -0.147. The third-order valence-corrected chi connectivity index (χ3v) is 5.00. The molecule has 0 unspecified atom stereocenters. The van der Waals surface area contributed by atoms with Crippen molar-refractivity contribution in [3.8, 4) is 0 Å². The molecule has 156 valence electrons. The Labute approximate surface area is 176 Å². The molecule has 1 amide bonds. The van der Waals surface area contributed by atoms with Crippen molar-refractivity contribution < 1.29 is 14.3 Å². The van der Waals surface area contributed by atoms with E-state index in [1.807, 2.05) is 67.9 Å². The van der Waals surface area contributed by atoms with Gasteiger partial charge in [0.25, 0.3) is 5.91 Å². The Balaban J connectivity index is 1.48. The predicted molar refractivity (Wildman–Crippen MR) is 115 cm³/mol. The number of hydrogen-bond acceptors (Lipinski definition) is 4. The molecule has 0 atom stereocenters. The lowest BCUT2D eigenvalue weighted by Crippen LogP contribution is -2.29. The van der Waals surface area contributed by atoms with Gasteiger partial charge in [0, 0.05) is 17.8 Å². The maximum absolute atomic E-state index is 12.1. The zero-order valence-corrected chi connectivity index (χ0v) is 17.6. The molecule has 0 aliphatic rings. The number of aromatic nitrogens is 2. The minimum absolute atomic E-state index is 0.151. The minimum Gasteiger partial charge on any atom is -0.455 e. The molecule has 0 fully saturated rings. The summed E-state index contributed by atoms with van der Waals surface area (Å²) in [4.78, 5) is 24.1. The number of nitrogens with zero attached hydrogens (tertiary/aromatic N) is 2. The smallest absolute Gasteiger partial charge is 0.310 e. The van der Waals surface area contributed by atoms with Crippen molar-refractivity contribution in [2.45, 2.75) is 40.3 Å². The number of benzene rings is 2. The van der Waals surface area contributed by atoms with Crippen molar-refractivity contribution >= 4 is 11.9 Å². The van der Waals surface area contributed by atoms with Crippen LogP contribution in [0.1, 0.15) is 33.6 Å². The van der Waals surface area contributed by atoms with Crippen molar-refractivity contribution in [2.24, 2.45) is 0 Å². The molecule has 0 bridgehead atoms. The van der Waals surface area contributed by atoms with Gasteiger partial charge in [-0.2, -0.15) is 5.10 Å². The van der Waals surface area contributed by atoms with Crippen LogP contribution in [0, 0.1) is 20.8 Å². The summed E-state index contributed by atoms with van der Waals surface area (Å²) in [5.74, 6) is -0.751. The molecule has 3 rings (SSSR count). The standard InChI is InChI=1S/C24H27N3O3/c1-17-9-11-20(12-10-17)13-24(29)30-16-23(28)25-14-22-18(2)26-27(19(22)3)15-21-7-5-4-6-8-21/h4-12H,13-16H2,1-3H3,(H,25,28). The zero-order chi connectivity index (χ0) is 21.5. The highest BCUT2D eigenvalue weighted by molar-refractivity contribution is 5.81. The van der Waals surface area contributed by atoms with Gasteiger partial charge in [0.05, 0.1) is 18.7 Å². The monoisotopic (exact) mass is 405 g/mol. The normalized spacial score (nSPS) is 10.6. The van der Waals surface area contributed by atoms with Gasteiger partial charge < -0.3 is 10.1 Å². The highest BCUT2D eigenvalue weighted by atomic mass is 16.5. The molecule has 3 aromatic rings. The Kier molecular flexibility index (Phi) is 7.01. The Hall–Kier alpha value is -3.41. The lowest BCUT2D eigenvalue weighted by atomic mass is 10.1. The second-order valence-corrected chi connectivity index (χ2v) is 7.39. The largest absolute Gasteiger partial charge is 0.455 e. The van der Waals surface area contributed by atoms with Gasteiger partial charge in [-0.05, 0) is 31.9 Å². The van der Waals surface area contributed by atoms with E-state index in [1.54, 1.807) is 0 Å². The van der Waals surface area contributed by atoms with Crippen LogP contribution in [-0.4, -0.2) is 28.3 Å². The molecule has 1 N–H and O–H groups in total. The van der Waals surface area contributed by atoms with Crippen LogP contribution in [0.2, 0.25) is 0 Å². The van der Waals surface area contributed by atoms with Gasteiger partial charge in [-0.25, -0.2) is 0 Å². The maximum Gasteiger partial charge on any atom is 0.310 e. The van der Waals surface area contributed by atoms with Crippen molar-refractivity contribution in [3.63, 3.8) is 0 Å². The summed E-state index contributed by atoms with van der Waals surface area (Å²) in [6.45, 7) is 6.64. The molecule has 0 saturated carbocycles. The van der Waals surface area contributed by atoms with E-state index in [-0.39, 0.29) is 18.9 Å². The molecule has 30 heavy (non-hydrogen) atoms. The van der Waals surface area contributed by atoms with Crippen LogP contribution in [0.15, 0.2) is 54.6 Å². The SMILES string of the molecule is Cc1ccc(CC(=O)OCC(=O)NCc2c(C)nn(Cc3ccccc3)c2C)cc1. The molecule has 1 heterocycles. The molecule has 0 aliphatic carbocycles. The fourth-order valence-corrected chi connectivity index (χ4v) is 3.21. The van der Waals surface area contributed by atoms with E-state index in [0.29, 0.717) is 13.1 Å². The molecule has 1 aromatic heterocycles. The summed E-state index contributed by atoms with van der Waals surface area (Å²) >= 11 is 0. The van der Waals surface area contributed by atoms with E-state index in [2.05, 4.69) is 22.5 Å². The number of carbonyl (C=O) groups is 2. The van der Waals surface area contributed by atoms with E-state index >= 15 is 0 Å². The van der Waals surface area contributed by atoms with Gasteiger partial charge in [-0.3, -0.25) is 14.3 Å². The molecule has 0 saturated heterocycles. The summed E-state index contributed by atoms with van der Waals surface area (Å²) < 4.78 is 7.04. The molecule has 0 aliphatic heterocycles. The van der Waals surface area contributed by atoms with Crippen LogP contribution in [0.4, 0.5) is 0 Å². The highest BCUT2D eigenvalue weighted by Gasteiger charge is 2.14. The number of nitrogens with one attached hydrogen (secondary N) is 1. The number of esters is 1. The Bertz CT molecular complexity index is 1010. The third-order valence-electron chi connectivity index (χ3n) is 5.00. The summed E-state index contributed by atoms with van der Waals surface area (Å²) in [6.07, 6.45) is 0.151. The lowest BCUT2D eigenvalue weighted by Gasteiger charge is -2.08. The maximum atomic E-state index is 12.1. The number of rotatable bonds is 8. The van der Waals surface area contributed by atoms with Crippen LogP contribution in [-0.2, 0) is 33.8 Å². The average molecular weight is 405 g/mol. The van der Waals surface area contributed by atoms with Crippen molar-refractivity contribution in [1.82, 2.24) is 15.1 Å². The number of carbonyl (C=O) groups excluding carboxylic acids is 2. The van der Waals surface area contributed by atoms with Gasteiger partial charge in [0.2, 0.25) is 0 Å². The predicted octanol–water partition coefficient (Wildman–Crippen LogP) is 3.26. The molecular formula is C24H27N3O3. The number of aryl methyl sites for hydroxylation is 2. The quantitative estimate of drug-likeness (QED) is 0.584. The van der Waals surface area contributed by atoms with Crippen molar-refractivity contribution in [2.75, 3.05) is 6.61 Å². The number of amides is 1. The topological polar surface area (TPSA) is 73.2 Å². The van der Waals surface area contributed by atoms with E-state index in [0.717, 1.165) is 28.1 Å². The average Bonchev–Trinajstić information content (AvgIpc) is 3.00. The molecule has 2 aromatic carbocycles. The Morgan fingerprint density at radius 3 is 2.37 bits per heavy atom. The van der Waals surface area contributed by atoms with Gasteiger partial charge in [-0.15, -0.1) is 0 Å². The third kappa shape index (κ3) is 5.80. The Morgan fingerprint density at radius 1 is 0.967 bits per heavy atom. The van der Waals surface area contributed by atoms with Crippen LogP contribution >= 0.6 is 0 Å². The second-order valence-electron chi connectivity index (χ2n) is 7.39.